The molecule has 0 spiro atoms. The number of fused-ring (bicyclic) bond motifs is 3. The number of rotatable bonds is 3. The Kier molecular flexibility index (Phi) is 4.22. The van der Waals surface area contributed by atoms with E-state index in [2.05, 4.69) is 32.6 Å². The summed E-state index contributed by atoms with van der Waals surface area (Å²) in [5, 5.41) is 6.61. The average molecular weight is 436 g/mol. The molecule has 9 nitrogen and oxygen atoms in total. The predicted molar refractivity (Wildman–Crippen MR) is 125 cm³/mol. The summed E-state index contributed by atoms with van der Waals surface area (Å²) in [4.78, 5) is 30.7. The van der Waals surface area contributed by atoms with Crippen molar-refractivity contribution >= 4 is 33.8 Å². The fourth-order valence-corrected chi connectivity index (χ4v) is 4.57. The second-order valence-corrected chi connectivity index (χ2v) is 8.03. The molecule has 3 N–H and O–H groups in total. The first-order valence-corrected chi connectivity index (χ1v) is 10.6. The number of carbonyl (C=O) groups is 1. The van der Waals surface area contributed by atoms with Crippen molar-refractivity contribution in [2.24, 2.45) is 0 Å². The van der Waals surface area contributed by atoms with Gasteiger partial charge in [-0.05, 0) is 29.3 Å². The van der Waals surface area contributed by atoms with Crippen molar-refractivity contribution in [3.05, 3.63) is 78.9 Å². The van der Waals surface area contributed by atoms with Crippen LogP contribution in [-0.4, -0.2) is 47.1 Å². The van der Waals surface area contributed by atoms with Crippen LogP contribution in [0.5, 0.6) is 0 Å². The van der Waals surface area contributed by atoms with Crippen molar-refractivity contribution < 1.29 is 4.79 Å². The highest BCUT2D eigenvalue weighted by molar-refractivity contribution is 5.99. The van der Waals surface area contributed by atoms with Crippen LogP contribution >= 0.6 is 0 Å². The third-order valence-electron chi connectivity index (χ3n) is 6.14. The molecule has 6 rings (SSSR count). The number of hydrogen-bond acceptors (Lipinski definition) is 6. The Hall–Kier alpha value is -4.53. The zero-order valence-electron chi connectivity index (χ0n) is 17.6. The Morgan fingerprint density at radius 3 is 2.97 bits per heavy atom. The lowest BCUT2D eigenvalue weighted by molar-refractivity contribution is -0.127. The van der Waals surface area contributed by atoms with E-state index in [4.69, 9.17) is 10.8 Å². The molecule has 5 heterocycles. The zero-order chi connectivity index (χ0) is 22.5. The van der Waals surface area contributed by atoms with Crippen LogP contribution in [0.1, 0.15) is 17.2 Å². The van der Waals surface area contributed by atoms with Crippen molar-refractivity contribution in [3.8, 4) is 11.3 Å². The zero-order valence-corrected chi connectivity index (χ0v) is 17.6. The van der Waals surface area contributed by atoms with Gasteiger partial charge in [0.15, 0.2) is 5.65 Å². The van der Waals surface area contributed by atoms with Gasteiger partial charge >= 0.3 is 0 Å². The van der Waals surface area contributed by atoms with E-state index in [0.717, 1.165) is 27.7 Å². The third kappa shape index (κ3) is 2.97. The minimum Gasteiger partial charge on any atom is -0.383 e. The summed E-state index contributed by atoms with van der Waals surface area (Å²) in [7, 11) is 0. The summed E-state index contributed by atoms with van der Waals surface area (Å²) in [6.45, 7) is 4.62. The van der Waals surface area contributed by atoms with Gasteiger partial charge in [-0.1, -0.05) is 30.8 Å². The van der Waals surface area contributed by atoms with Gasteiger partial charge in [0.05, 0.1) is 11.4 Å². The van der Waals surface area contributed by atoms with Crippen molar-refractivity contribution in [1.29, 1.82) is 0 Å². The van der Waals surface area contributed by atoms with E-state index in [0.29, 0.717) is 35.6 Å². The van der Waals surface area contributed by atoms with E-state index in [1.165, 1.54) is 12.4 Å². The molecule has 5 aromatic rings. The number of nitrogens with one attached hydrogen (secondary N) is 1. The van der Waals surface area contributed by atoms with Gasteiger partial charge < -0.3 is 15.6 Å². The molecule has 1 unspecified atom stereocenters. The first kappa shape index (κ1) is 19.2. The van der Waals surface area contributed by atoms with Gasteiger partial charge in [0, 0.05) is 36.4 Å². The molecular weight excluding hydrogens is 416 g/mol. The molecule has 0 saturated carbocycles. The van der Waals surface area contributed by atoms with Gasteiger partial charge in [-0.15, -0.1) is 0 Å². The minimum atomic E-state index is -0.242. The Morgan fingerprint density at radius 1 is 1.21 bits per heavy atom. The van der Waals surface area contributed by atoms with Crippen LogP contribution in [0.3, 0.4) is 0 Å². The lowest BCUT2D eigenvalue weighted by atomic mass is 9.95. The van der Waals surface area contributed by atoms with Gasteiger partial charge in [0.2, 0.25) is 5.91 Å². The first-order chi connectivity index (χ1) is 16.1. The second-order valence-electron chi connectivity index (χ2n) is 8.03. The number of pyridine rings is 1. The molecule has 33 heavy (non-hydrogen) atoms. The predicted octanol–water partition coefficient (Wildman–Crippen LogP) is 3.07. The first-order valence-electron chi connectivity index (χ1n) is 10.6. The molecule has 1 aliphatic heterocycles. The maximum Gasteiger partial charge on any atom is 0.246 e. The number of nitrogen functional groups attached to an aromatic ring is 1. The molecule has 1 amide bonds. The Morgan fingerprint density at radius 2 is 2.09 bits per heavy atom. The van der Waals surface area contributed by atoms with Crippen molar-refractivity contribution in [2.75, 3.05) is 12.3 Å². The van der Waals surface area contributed by atoms with Gasteiger partial charge in [-0.2, -0.15) is 5.10 Å². The number of aromatic amines is 1. The van der Waals surface area contributed by atoms with E-state index in [1.807, 2.05) is 41.2 Å². The van der Waals surface area contributed by atoms with E-state index in [9.17, 15) is 4.79 Å². The summed E-state index contributed by atoms with van der Waals surface area (Å²) in [6.07, 6.45) is 6.39. The number of amides is 1. The maximum atomic E-state index is 12.5. The molecule has 162 valence electrons. The van der Waals surface area contributed by atoms with E-state index in [-0.39, 0.29) is 11.9 Å². The molecule has 0 fully saturated rings. The highest BCUT2D eigenvalue weighted by Gasteiger charge is 2.31. The van der Waals surface area contributed by atoms with Gasteiger partial charge in [0.1, 0.15) is 23.5 Å². The number of nitrogens with two attached hydrogens (primary N) is 1. The summed E-state index contributed by atoms with van der Waals surface area (Å²) in [5.74, 6) is 0.223. The summed E-state index contributed by atoms with van der Waals surface area (Å²) in [6, 6.07) is 11.8. The maximum absolute atomic E-state index is 12.5. The van der Waals surface area contributed by atoms with Crippen LogP contribution in [0, 0.1) is 0 Å². The molecule has 0 bridgehead atoms. The summed E-state index contributed by atoms with van der Waals surface area (Å²) in [5.41, 5.74) is 11.3. The Labute approximate surface area is 188 Å². The molecule has 0 saturated heterocycles. The SMILES string of the molecule is C=CC(=O)N1Cc2ccccc2C(n2nc(-c3cnc4[nH]ccc4c3)c3c(N)ncnc32)C1. The third-order valence-corrected chi connectivity index (χ3v) is 6.14. The van der Waals surface area contributed by atoms with Crippen LogP contribution in [0.4, 0.5) is 5.82 Å². The molecule has 4 aromatic heterocycles. The monoisotopic (exact) mass is 436 g/mol. The molecule has 9 heteroatoms. The number of benzene rings is 1. The molecule has 1 aromatic carbocycles. The van der Waals surface area contributed by atoms with Crippen LogP contribution < -0.4 is 5.73 Å². The van der Waals surface area contributed by atoms with Gasteiger partial charge in [-0.3, -0.25) is 4.79 Å². The second kappa shape index (κ2) is 7.27. The summed E-state index contributed by atoms with van der Waals surface area (Å²) < 4.78 is 1.85. The summed E-state index contributed by atoms with van der Waals surface area (Å²) >= 11 is 0. The number of carbonyl (C=O) groups excluding carboxylic acids is 1. The highest BCUT2D eigenvalue weighted by atomic mass is 16.2. The average Bonchev–Trinajstić information content (AvgIpc) is 3.48. The largest absolute Gasteiger partial charge is 0.383 e. The smallest absolute Gasteiger partial charge is 0.246 e. The minimum absolute atomic E-state index is 0.123. The van der Waals surface area contributed by atoms with Crippen LogP contribution in [-0.2, 0) is 11.3 Å². The van der Waals surface area contributed by atoms with Crippen molar-refractivity contribution in [1.82, 2.24) is 34.6 Å². The standard InChI is InChI=1S/C24H20N8O/c1-2-19(33)31-11-15-5-3-4-6-17(15)18(12-31)32-24-20(22(25)28-13-29-24)21(30-32)16-9-14-7-8-26-23(14)27-10-16/h2-10,13,18H,1,11-12H2,(H,26,27)(H2,25,28,29). The number of anilines is 1. The van der Waals surface area contributed by atoms with E-state index in [1.54, 1.807) is 11.1 Å². The van der Waals surface area contributed by atoms with Gasteiger partial charge in [-0.25, -0.2) is 19.6 Å². The van der Waals surface area contributed by atoms with Crippen molar-refractivity contribution in [2.45, 2.75) is 12.6 Å². The van der Waals surface area contributed by atoms with Crippen LogP contribution in [0.15, 0.2) is 67.8 Å². The molecular formula is C24H20N8O. The lowest BCUT2D eigenvalue weighted by Crippen LogP contribution is -2.39. The fourth-order valence-electron chi connectivity index (χ4n) is 4.57. The molecule has 0 radical (unpaired) electrons. The molecule has 1 aliphatic rings. The van der Waals surface area contributed by atoms with Crippen molar-refractivity contribution in [3.63, 3.8) is 0 Å². The normalized spacial score (nSPS) is 15.6. The topological polar surface area (TPSA) is 119 Å². The fraction of sp³-hybridized carbons (Fsp3) is 0.125. The quantitative estimate of drug-likeness (QED) is 0.420. The Balaban J connectivity index is 1.58. The van der Waals surface area contributed by atoms with E-state index < -0.39 is 0 Å². The lowest BCUT2D eigenvalue weighted by Gasteiger charge is -2.34. The van der Waals surface area contributed by atoms with E-state index >= 15 is 0 Å². The molecule has 0 aliphatic carbocycles. The number of H-pyrrole nitrogens is 1. The Bertz CT molecular complexity index is 1550. The van der Waals surface area contributed by atoms with Crippen LogP contribution in [0.25, 0.3) is 33.3 Å². The van der Waals surface area contributed by atoms with Gasteiger partial charge in [0.25, 0.3) is 0 Å². The number of aromatic nitrogens is 6. The number of hydrogen-bond donors (Lipinski definition) is 2. The highest BCUT2D eigenvalue weighted by Crippen LogP contribution is 2.36. The van der Waals surface area contributed by atoms with Crippen LogP contribution in [0.2, 0.25) is 0 Å². The number of nitrogens with zero attached hydrogens (tertiary/aromatic N) is 6. The molecule has 1 atom stereocenters.